The minimum Gasteiger partial charge on any atom is -0.336 e. The highest BCUT2D eigenvalue weighted by Gasteiger charge is 2.29. The molecule has 126 valence electrons. The lowest BCUT2D eigenvalue weighted by atomic mass is 10.2. The van der Waals surface area contributed by atoms with Gasteiger partial charge in [0.1, 0.15) is 0 Å². The Morgan fingerprint density at radius 1 is 0.917 bits per heavy atom. The van der Waals surface area contributed by atoms with Crippen LogP contribution in [-0.4, -0.2) is 48.4 Å². The minimum absolute atomic E-state index is 0.153. The number of nitrogens with zero attached hydrogens (tertiary/aromatic N) is 2. The van der Waals surface area contributed by atoms with Crippen LogP contribution in [0.25, 0.3) is 0 Å². The van der Waals surface area contributed by atoms with Gasteiger partial charge >= 0.3 is 0 Å². The highest BCUT2D eigenvalue weighted by molar-refractivity contribution is 5.82. The van der Waals surface area contributed by atoms with Crippen molar-refractivity contribution in [2.24, 2.45) is 0 Å². The van der Waals surface area contributed by atoms with Crippen LogP contribution in [-0.2, 0) is 17.9 Å². The van der Waals surface area contributed by atoms with Crippen LogP contribution >= 0.6 is 0 Å². The van der Waals surface area contributed by atoms with E-state index in [1.165, 1.54) is 11.1 Å². The molecule has 3 rings (SSSR count). The lowest BCUT2D eigenvalue weighted by molar-refractivity contribution is -0.133. The number of carbonyl (C=O) groups excluding carboxylic acids is 1. The quantitative estimate of drug-likeness (QED) is 0.915. The van der Waals surface area contributed by atoms with Gasteiger partial charge in [-0.2, -0.15) is 0 Å². The van der Waals surface area contributed by atoms with Crippen LogP contribution in [0.15, 0.2) is 60.7 Å². The van der Waals surface area contributed by atoms with Crippen molar-refractivity contribution in [3.8, 4) is 0 Å². The maximum atomic E-state index is 12.8. The molecule has 0 spiro atoms. The first-order chi connectivity index (χ1) is 11.8. The van der Waals surface area contributed by atoms with Crippen LogP contribution in [0, 0.1) is 0 Å². The first-order valence-corrected chi connectivity index (χ1v) is 8.52. The Hall–Kier alpha value is -2.17. The molecule has 4 heteroatoms. The summed E-state index contributed by atoms with van der Waals surface area (Å²) in [6.07, 6.45) is 0. The molecule has 2 aromatic carbocycles. The van der Waals surface area contributed by atoms with E-state index in [-0.39, 0.29) is 11.9 Å². The van der Waals surface area contributed by atoms with Crippen molar-refractivity contribution in [1.29, 1.82) is 0 Å². The molecule has 0 aliphatic carbocycles. The third kappa shape index (κ3) is 4.22. The highest BCUT2D eigenvalue weighted by Crippen LogP contribution is 2.13. The molecule has 1 saturated heterocycles. The van der Waals surface area contributed by atoms with E-state index in [1.807, 2.05) is 36.2 Å². The van der Waals surface area contributed by atoms with Gasteiger partial charge in [-0.1, -0.05) is 60.7 Å². The van der Waals surface area contributed by atoms with E-state index in [9.17, 15) is 4.79 Å². The van der Waals surface area contributed by atoms with Crippen LogP contribution in [0.3, 0.4) is 0 Å². The van der Waals surface area contributed by atoms with Crippen LogP contribution in [0.5, 0.6) is 0 Å². The lowest BCUT2D eigenvalue weighted by Gasteiger charge is -2.23. The molecular formula is C20H25N3O. The summed E-state index contributed by atoms with van der Waals surface area (Å²) >= 11 is 0. The predicted molar refractivity (Wildman–Crippen MR) is 96.4 cm³/mol. The number of rotatable bonds is 5. The molecular weight excluding hydrogens is 298 g/mol. The molecule has 0 unspecified atom stereocenters. The van der Waals surface area contributed by atoms with E-state index >= 15 is 0 Å². The van der Waals surface area contributed by atoms with Gasteiger partial charge in [-0.3, -0.25) is 9.69 Å². The Morgan fingerprint density at radius 3 is 2.08 bits per heavy atom. The molecule has 0 saturated carbocycles. The summed E-state index contributed by atoms with van der Waals surface area (Å²) in [5.74, 6) is 0.192. The Bertz CT molecular complexity index is 644. The van der Waals surface area contributed by atoms with Crippen LogP contribution in [0.4, 0.5) is 0 Å². The molecule has 1 aliphatic heterocycles. The number of amides is 1. The molecule has 1 atom stereocenters. The van der Waals surface area contributed by atoms with E-state index in [2.05, 4.69) is 46.6 Å². The summed E-state index contributed by atoms with van der Waals surface area (Å²) in [4.78, 5) is 17.1. The fraction of sp³-hybridized carbons (Fsp3) is 0.350. The maximum absolute atomic E-state index is 12.8. The van der Waals surface area contributed by atoms with Gasteiger partial charge in [-0.05, 0) is 18.2 Å². The molecule has 0 radical (unpaired) electrons. The third-order valence-electron chi connectivity index (χ3n) is 4.55. The molecule has 1 heterocycles. The van der Waals surface area contributed by atoms with Gasteiger partial charge < -0.3 is 10.2 Å². The second kappa shape index (κ2) is 8.08. The van der Waals surface area contributed by atoms with Gasteiger partial charge in [-0.25, -0.2) is 0 Å². The number of hydrogen-bond donors (Lipinski definition) is 1. The summed E-state index contributed by atoms with van der Waals surface area (Å²) in [5, 5.41) is 3.19. The average Bonchev–Trinajstić information content (AvgIpc) is 2.77. The fourth-order valence-electron chi connectivity index (χ4n) is 3.18. The Labute approximate surface area is 144 Å². The zero-order chi connectivity index (χ0) is 16.8. The standard InChI is InChI=1S/C20H25N3O/c1-21-19-16-22(14-17-8-4-2-5-9-17)12-13-23(20(19)24)15-18-10-6-3-7-11-18/h2-11,19,21H,12-16H2,1H3/t19-/m0/s1. The maximum Gasteiger partial charge on any atom is 0.241 e. The van der Waals surface area contributed by atoms with Crippen molar-refractivity contribution in [2.75, 3.05) is 26.7 Å². The predicted octanol–water partition coefficient (Wildman–Crippen LogP) is 2.12. The summed E-state index contributed by atoms with van der Waals surface area (Å²) in [6.45, 7) is 3.96. The van der Waals surface area contributed by atoms with Gasteiger partial charge in [0, 0.05) is 32.7 Å². The second-order valence-electron chi connectivity index (χ2n) is 6.31. The number of likely N-dealkylation sites (N-methyl/N-ethyl adjacent to an activating group) is 1. The SMILES string of the molecule is CN[C@H]1CN(Cc2ccccc2)CCN(Cc2ccccc2)C1=O. The molecule has 2 aromatic rings. The van der Waals surface area contributed by atoms with Crippen molar-refractivity contribution in [1.82, 2.24) is 15.1 Å². The molecule has 1 fully saturated rings. The number of carbonyl (C=O) groups is 1. The van der Waals surface area contributed by atoms with Crippen molar-refractivity contribution < 1.29 is 4.79 Å². The second-order valence-corrected chi connectivity index (χ2v) is 6.31. The molecule has 0 bridgehead atoms. The van der Waals surface area contributed by atoms with Crippen molar-refractivity contribution >= 4 is 5.91 Å². The van der Waals surface area contributed by atoms with E-state index in [1.54, 1.807) is 0 Å². The van der Waals surface area contributed by atoms with Crippen LogP contribution in [0.2, 0.25) is 0 Å². The van der Waals surface area contributed by atoms with E-state index in [0.29, 0.717) is 6.54 Å². The van der Waals surface area contributed by atoms with Crippen molar-refractivity contribution in [3.63, 3.8) is 0 Å². The normalized spacial score (nSPS) is 19.3. The van der Waals surface area contributed by atoms with Gasteiger partial charge in [0.15, 0.2) is 0 Å². The molecule has 4 nitrogen and oxygen atoms in total. The highest BCUT2D eigenvalue weighted by atomic mass is 16.2. The Kier molecular flexibility index (Phi) is 5.62. The number of nitrogens with one attached hydrogen (secondary N) is 1. The summed E-state index contributed by atoms with van der Waals surface area (Å²) in [7, 11) is 1.87. The first kappa shape index (κ1) is 16.7. The number of benzene rings is 2. The lowest BCUT2D eigenvalue weighted by Crippen LogP contribution is -2.46. The minimum atomic E-state index is -0.153. The smallest absolute Gasteiger partial charge is 0.241 e. The molecule has 1 amide bonds. The Morgan fingerprint density at radius 2 is 1.50 bits per heavy atom. The van der Waals surface area contributed by atoms with Gasteiger partial charge in [-0.15, -0.1) is 0 Å². The largest absolute Gasteiger partial charge is 0.336 e. The van der Waals surface area contributed by atoms with Crippen molar-refractivity contribution in [2.45, 2.75) is 19.1 Å². The van der Waals surface area contributed by atoms with Gasteiger partial charge in [0.25, 0.3) is 0 Å². The topological polar surface area (TPSA) is 35.6 Å². The molecule has 0 aromatic heterocycles. The molecule has 1 N–H and O–H groups in total. The average molecular weight is 323 g/mol. The summed E-state index contributed by atoms with van der Waals surface area (Å²) < 4.78 is 0. The zero-order valence-electron chi connectivity index (χ0n) is 14.2. The van der Waals surface area contributed by atoms with E-state index < -0.39 is 0 Å². The van der Waals surface area contributed by atoms with E-state index in [0.717, 1.165) is 26.2 Å². The first-order valence-electron chi connectivity index (χ1n) is 8.52. The molecule has 24 heavy (non-hydrogen) atoms. The van der Waals surface area contributed by atoms with Crippen molar-refractivity contribution in [3.05, 3.63) is 71.8 Å². The van der Waals surface area contributed by atoms with E-state index in [4.69, 9.17) is 0 Å². The number of hydrogen-bond acceptors (Lipinski definition) is 3. The monoisotopic (exact) mass is 323 g/mol. The van der Waals surface area contributed by atoms with Crippen LogP contribution < -0.4 is 5.32 Å². The zero-order valence-corrected chi connectivity index (χ0v) is 14.2. The third-order valence-corrected chi connectivity index (χ3v) is 4.55. The fourth-order valence-corrected chi connectivity index (χ4v) is 3.18. The van der Waals surface area contributed by atoms with Gasteiger partial charge in [0.2, 0.25) is 5.91 Å². The Balaban J connectivity index is 1.69. The molecule has 1 aliphatic rings. The van der Waals surface area contributed by atoms with Gasteiger partial charge in [0.05, 0.1) is 6.04 Å². The van der Waals surface area contributed by atoms with Crippen LogP contribution in [0.1, 0.15) is 11.1 Å². The summed E-state index contributed by atoms with van der Waals surface area (Å²) in [6, 6.07) is 20.5. The summed E-state index contributed by atoms with van der Waals surface area (Å²) in [5.41, 5.74) is 2.47.